The molecule has 4 bridgehead atoms. The molecule has 1 amide bonds. The lowest BCUT2D eigenvalue weighted by atomic mass is 10.0. The van der Waals surface area contributed by atoms with Gasteiger partial charge < -0.3 is 10.2 Å². The van der Waals surface area contributed by atoms with Crippen LogP contribution in [0.3, 0.4) is 0 Å². The predicted molar refractivity (Wildman–Crippen MR) is 137 cm³/mol. The van der Waals surface area contributed by atoms with Gasteiger partial charge in [0.1, 0.15) is 5.82 Å². The first-order valence-corrected chi connectivity index (χ1v) is 13.6. The lowest BCUT2D eigenvalue weighted by molar-refractivity contribution is 0.0909. The molecule has 0 aromatic carbocycles. The summed E-state index contributed by atoms with van der Waals surface area (Å²) in [5.74, 6) is 0.979. The van der Waals surface area contributed by atoms with Crippen molar-refractivity contribution in [3.8, 4) is 0 Å². The lowest BCUT2D eigenvalue weighted by Crippen LogP contribution is -2.44. The van der Waals surface area contributed by atoms with Gasteiger partial charge in [0.05, 0.1) is 5.39 Å². The van der Waals surface area contributed by atoms with Gasteiger partial charge in [-0.25, -0.2) is 9.67 Å². The minimum atomic E-state index is -0.0486. The molecule has 4 aliphatic heterocycles. The van der Waals surface area contributed by atoms with Crippen LogP contribution in [0.2, 0.25) is 0 Å². The number of hydrogen-bond acceptors (Lipinski definition) is 5. The second-order valence-corrected chi connectivity index (χ2v) is 10.2. The Kier molecular flexibility index (Phi) is 7.79. The largest absolute Gasteiger partial charge is 0.357 e. The van der Waals surface area contributed by atoms with Gasteiger partial charge in [-0.05, 0) is 57.1 Å². The summed E-state index contributed by atoms with van der Waals surface area (Å²) >= 11 is 0. The first-order chi connectivity index (χ1) is 16.8. The number of pyridine rings is 1. The summed E-state index contributed by atoms with van der Waals surface area (Å²) < 4.78 is 2.00. The van der Waals surface area contributed by atoms with Crippen LogP contribution in [-0.2, 0) is 6.54 Å². The number of piperidine rings is 1. The molecule has 7 nitrogen and oxygen atoms in total. The Balaban J connectivity index is 1.41. The predicted octanol–water partition coefficient (Wildman–Crippen LogP) is 4.53. The molecule has 0 unspecified atom stereocenters. The van der Waals surface area contributed by atoms with Crippen molar-refractivity contribution in [1.82, 2.24) is 25.0 Å². The van der Waals surface area contributed by atoms with Crippen LogP contribution in [0.25, 0.3) is 11.0 Å². The van der Waals surface area contributed by atoms with Crippen molar-refractivity contribution in [3.05, 3.63) is 30.0 Å². The molecule has 2 aromatic heterocycles. The Morgan fingerprint density at radius 3 is 2.35 bits per heavy atom. The van der Waals surface area contributed by atoms with Gasteiger partial charge in [0, 0.05) is 45.3 Å². The van der Waals surface area contributed by atoms with E-state index in [0.29, 0.717) is 5.69 Å². The molecule has 2 fully saturated rings. The van der Waals surface area contributed by atoms with Gasteiger partial charge >= 0.3 is 0 Å². The number of aryl methyl sites for hydroxylation is 1. The summed E-state index contributed by atoms with van der Waals surface area (Å²) in [6.45, 7) is 6.03. The van der Waals surface area contributed by atoms with E-state index in [1.807, 2.05) is 4.68 Å². The SMILES string of the molecule is O=C1NC2CCN(C/C=C/CCCCCCn3nc1c1ccc(N4CCCCCC4)nc13)CC2. The molecular weight excluding hydrogens is 424 g/mol. The van der Waals surface area contributed by atoms with Gasteiger partial charge in [0.15, 0.2) is 11.3 Å². The highest BCUT2D eigenvalue weighted by Crippen LogP contribution is 2.25. The highest BCUT2D eigenvalue weighted by molar-refractivity contribution is 6.04. The standard InChI is InChI=1S/C27H40N6O/c34-27-25-23-12-13-24(32-17-9-6-7-10-18-32)29-26(23)33(30-25)19-11-5-3-1-2-4-8-16-31-20-14-22(28-27)15-21-31/h4,8,12-13,22H,1-3,5-7,9-11,14-21H2,(H,28,34)/b8-4+. The Hall–Kier alpha value is -2.41. The highest BCUT2D eigenvalue weighted by Gasteiger charge is 2.25. The van der Waals surface area contributed by atoms with Crippen LogP contribution in [-0.4, -0.2) is 64.3 Å². The first kappa shape index (κ1) is 23.3. The van der Waals surface area contributed by atoms with E-state index in [1.165, 1.54) is 51.4 Å². The Labute approximate surface area is 203 Å². The lowest BCUT2D eigenvalue weighted by Gasteiger charge is -2.31. The fraction of sp³-hybridized carbons (Fsp3) is 0.667. The molecule has 6 heterocycles. The van der Waals surface area contributed by atoms with Crippen molar-refractivity contribution in [2.45, 2.75) is 83.2 Å². The minimum absolute atomic E-state index is 0.0486. The highest BCUT2D eigenvalue weighted by atomic mass is 16.2. The molecule has 34 heavy (non-hydrogen) atoms. The molecular formula is C27H40N6O. The van der Waals surface area contributed by atoms with Gasteiger partial charge in [-0.2, -0.15) is 5.10 Å². The second kappa shape index (κ2) is 11.3. The summed E-state index contributed by atoms with van der Waals surface area (Å²) in [6, 6.07) is 4.39. The fourth-order valence-electron chi connectivity index (χ4n) is 5.57. The van der Waals surface area contributed by atoms with E-state index in [9.17, 15) is 4.79 Å². The molecule has 7 heteroatoms. The van der Waals surface area contributed by atoms with E-state index in [4.69, 9.17) is 10.1 Å². The van der Waals surface area contributed by atoms with Crippen molar-refractivity contribution in [2.24, 2.45) is 0 Å². The van der Waals surface area contributed by atoms with Gasteiger partial charge in [0.2, 0.25) is 0 Å². The molecule has 184 valence electrons. The van der Waals surface area contributed by atoms with E-state index in [1.54, 1.807) is 0 Å². The number of fused-ring (bicyclic) bond motifs is 11. The normalized spacial score (nSPS) is 26.5. The van der Waals surface area contributed by atoms with Gasteiger partial charge in [-0.15, -0.1) is 0 Å². The van der Waals surface area contributed by atoms with Crippen molar-refractivity contribution in [1.29, 1.82) is 0 Å². The molecule has 0 atom stereocenters. The second-order valence-electron chi connectivity index (χ2n) is 10.2. The van der Waals surface area contributed by atoms with Crippen LogP contribution < -0.4 is 10.2 Å². The van der Waals surface area contributed by atoms with Crippen molar-refractivity contribution >= 4 is 22.8 Å². The maximum absolute atomic E-state index is 13.3. The maximum atomic E-state index is 13.3. The van der Waals surface area contributed by atoms with Crippen LogP contribution in [0.1, 0.15) is 81.1 Å². The summed E-state index contributed by atoms with van der Waals surface area (Å²) in [4.78, 5) is 23.3. The summed E-state index contributed by atoms with van der Waals surface area (Å²) in [6.07, 6.45) is 17.6. The Morgan fingerprint density at radius 1 is 0.824 bits per heavy atom. The van der Waals surface area contributed by atoms with Crippen LogP contribution in [0.4, 0.5) is 5.82 Å². The number of aromatic nitrogens is 3. The number of hydrogen-bond donors (Lipinski definition) is 1. The average Bonchev–Trinajstić information content (AvgIpc) is 3.02. The molecule has 2 aromatic rings. The minimum Gasteiger partial charge on any atom is -0.357 e. The summed E-state index contributed by atoms with van der Waals surface area (Å²) in [7, 11) is 0. The van der Waals surface area contributed by atoms with E-state index >= 15 is 0 Å². The Bertz CT molecular complexity index is 982. The quantitative estimate of drug-likeness (QED) is 0.629. The zero-order chi connectivity index (χ0) is 23.2. The smallest absolute Gasteiger partial charge is 0.272 e. The fourth-order valence-corrected chi connectivity index (χ4v) is 5.57. The number of nitrogens with zero attached hydrogens (tertiary/aromatic N) is 5. The van der Waals surface area contributed by atoms with E-state index in [0.717, 1.165) is 75.4 Å². The molecule has 0 radical (unpaired) electrons. The molecule has 0 saturated carbocycles. The summed E-state index contributed by atoms with van der Waals surface area (Å²) in [5.41, 5.74) is 1.40. The average molecular weight is 465 g/mol. The van der Waals surface area contributed by atoms with Gasteiger partial charge in [0.25, 0.3) is 5.91 Å². The van der Waals surface area contributed by atoms with E-state index in [2.05, 4.69) is 39.4 Å². The van der Waals surface area contributed by atoms with Gasteiger partial charge in [-0.3, -0.25) is 9.69 Å². The third-order valence-electron chi connectivity index (χ3n) is 7.67. The molecule has 6 rings (SSSR count). The van der Waals surface area contributed by atoms with Crippen molar-refractivity contribution < 1.29 is 4.79 Å². The van der Waals surface area contributed by atoms with Crippen LogP contribution >= 0.6 is 0 Å². The molecule has 4 aliphatic rings. The topological polar surface area (TPSA) is 66.3 Å². The third-order valence-corrected chi connectivity index (χ3v) is 7.67. The number of anilines is 1. The first-order valence-electron chi connectivity index (χ1n) is 13.6. The zero-order valence-electron chi connectivity index (χ0n) is 20.6. The molecule has 2 saturated heterocycles. The number of rotatable bonds is 1. The monoisotopic (exact) mass is 464 g/mol. The number of carbonyl (C=O) groups excluding carboxylic acids is 1. The number of carbonyl (C=O) groups is 1. The van der Waals surface area contributed by atoms with Crippen molar-refractivity contribution in [2.75, 3.05) is 37.6 Å². The number of nitrogens with one attached hydrogen (secondary N) is 1. The van der Waals surface area contributed by atoms with Crippen LogP contribution in [0.5, 0.6) is 0 Å². The van der Waals surface area contributed by atoms with Crippen molar-refractivity contribution in [3.63, 3.8) is 0 Å². The summed E-state index contributed by atoms with van der Waals surface area (Å²) in [5, 5.41) is 8.99. The van der Waals surface area contributed by atoms with Crippen LogP contribution in [0, 0.1) is 0 Å². The number of amides is 1. The van der Waals surface area contributed by atoms with Gasteiger partial charge in [-0.1, -0.05) is 37.8 Å². The molecule has 0 aliphatic carbocycles. The maximum Gasteiger partial charge on any atom is 0.272 e. The van der Waals surface area contributed by atoms with E-state index < -0.39 is 0 Å². The zero-order valence-corrected chi connectivity index (χ0v) is 20.6. The number of allylic oxidation sites excluding steroid dienone is 1. The third kappa shape index (κ3) is 5.62. The van der Waals surface area contributed by atoms with E-state index in [-0.39, 0.29) is 11.9 Å². The molecule has 1 N–H and O–H groups in total. The Morgan fingerprint density at radius 2 is 1.56 bits per heavy atom. The van der Waals surface area contributed by atoms with Crippen LogP contribution in [0.15, 0.2) is 24.3 Å². The molecule has 0 spiro atoms.